The molecule has 1 atom stereocenters. The molecule has 208 valence electrons. The van der Waals surface area contributed by atoms with Gasteiger partial charge in [-0.1, -0.05) is 11.6 Å². The van der Waals surface area contributed by atoms with Gasteiger partial charge in [0.05, 0.1) is 23.5 Å². The second kappa shape index (κ2) is 11.2. The topological polar surface area (TPSA) is 94.7 Å². The van der Waals surface area contributed by atoms with Gasteiger partial charge in [-0.25, -0.2) is 13.8 Å². The van der Waals surface area contributed by atoms with Crippen molar-refractivity contribution in [2.75, 3.05) is 7.11 Å². The van der Waals surface area contributed by atoms with Crippen molar-refractivity contribution < 1.29 is 28.2 Å². The van der Waals surface area contributed by atoms with E-state index in [1.807, 2.05) is 13.8 Å². The number of halogens is 3. The van der Waals surface area contributed by atoms with Crippen LogP contribution in [0, 0.1) is 5.82 Å². The number of carbonyl (C=O) groups excluding carboxylic acids is 1. The zero-order valence-electron chi connectivity index (χ0n) is 22.4. The third kappa shape index (κ3) is 6.75. The lowest BCUT2D eigenvalue weighted by Crippen LogP contribution is -2.35. The molecule has 1 aliphatic carbocycles. The van der Waals surface area contributed by atoms with Crippen LogP contribution >= 0.6 is 11.6 Å². The number of aromatic nitrogens is 1. The number of pyridine rings is 1. The second-order valence-corrected chi connectivity index (χ2v) is 11.3. The van der Waals surface area contributed by atoms with E-state index in [0.717, 1.165) is 0 Å². The summed E-state index contributed by atoms with van der Waals surface area (Å²) in [6, 6.07) is 12.6. The van der Waals surface area contributed by atoms with Gasteiger partial charge in [0, 0.05) is 35.9 Å². The maximum Gasteiger partial charge on any atom is 0.163 e. The number of nitrogens with zero attached hydrogens (tertiary/aromatic N) is 1. The van der Waals surface area contributed by atoms with Crippen LogP contribution < -0.4 is 15.2 Å². The van der Waals surface area contributed by atoms with Gasteiger partial charge in [-0.2, -0.15) is 0 Å². The minimum Gasteiger partial charge on any atom is -0.493 e. The van der Waals surface area contributed by atoms with E-state index in [2.05, 4.69) is 4.98 Å². The average molecular weight is 559 g/mol. The number of ketones is 1. The molecule has 0 saturated heterocycles. The Morgan fingerprint density at radius 1 is 1.13 bits per heavy atom. The van der Waals surface area contributed by atoms with Crippen molar-refractivity contribution in [2.45, 2.75) is 69.9 Å². The smallest absolute Gasteiger partial charge is 0.163 e. The summed E-state index contributed by atoms with van der Waals surface area (Å²) in [7, 11) is 1.48. The highest BCUT2D eigenvalue weighted by molar-refractivity contribution is 6.31. The molecule has 0 bridgehead atoms. The fourth-order valence-electron chi connectivity index (χ4n) is 4.33. The molecule has 3 N–H and O–H groups in total. The number of carbonyl (C=O) groups is 1. The summed E-state index contributed by atoms with van der Waals surface area (Å²) in [4.78, 5) is 17.7. The zero-order valence-corrected chi connectivity index (χ0v) is 23.2. The molecule has 1 fully saturated rings. The van der Waals surface area contributed by atoms with Crippen LogP contribution in [-0.4, -0.2) is 35.3 Å². The summed E-state index contributed by atoms with van der Waals surface area (Å²) < 4.78 is 38.1. The quantitative estimate of drug-likeness (QED) is 0.276. The Kier molecular flexibility index (Phi) is 8.30. The molecule has 2 aromatic carbocycles. The number of benzene rings is 2. The largest absolute Gasteiger partial charge is 0.493 e. The number of nitrogens with two attached hydrogens (primary N) is 1. The van der Waals surface area contributed by atoms with Gasteiger partial charge in [0.2, 0.25) is 0 Å². The van der Waals surface area contributed by atoms with Crippen molar-refractivity contribution in [3.63, 3.8) is 0 Å². The molecule has 1 unspecified atom stereocenters. The van der Waals surface area contributed by atoms with Gasteiger partial charge in [0.15, 0.2) is 17.3 Å². The van der Waals surface area contributed by atoms with Crippen LogP contribution in [0.15, 0.2) is 48.5 Å². The number of Topliss-reactive ketones (excluding diaryl/α,β-unsaturated/α-hetero) is 1. The number of methoxy groups -OCH3 is 1. The SMILES string of the molecule is COc1cc(C(=O)CCC(C)(O)c2cc(C(C)(C)N)cc(-c3ccc(F)c(Cl)c3)n2)ccc1OC1CC(F)C1. The summed E-state index contributed by atoms with van der Waals surface area (Å²) in [5, 5.41) is 11.4. The molecule has 0 radical (unpaired) electrons. The Balaban J connectivity index is 1.54. The number of rotatable bonds is 10. The van der Waals surface area contributed by atoms with E-state index in [-0.39, 0.29) is 29.8 Å². The lowest BCUT2D eigenvalue weighted by atomic mass is 9.88. The third-order valence-electron chi connectivity index (χ3n) is 6.99. The number of hydrogen-bond acceptors (Lipinski definition) is 6. The predicted molar refractivity (Wildman–Crippen MR) is 147 cm³/mol. The molecule has 9 heteroatoms. The number of alkyl halides is 1. The average Bonchev–Trinajstić information content (AvgIpc) is 2.87. The van der Waals surface area contributed by atoms with Crippen molar-refractivity contribution in [1.82, 2.24) is 4.98 Å². The fraction of sp³-hybridized carbons (Fsp3) is 0.400. The molecule has 4 rings (SSSR count). The van der Waals surface area contributed by atoms with Gasteiger partial charge >= 0.3 is 0 Å². The molecule has 0 spiro atoms. The number of aliphatic hydroxyl groups is 1. The Morgan fingerprint density at radius 3 is 2.46 bits per heavy atom. The summed E-state index contributed by atoms with van der Waals surface area (Å²) in [5.41, 5.74) is 6.61. The minimum absolute atomic E-state index is 0.0259. The van der Waals surface area contributed by atoms with Gasteiger partial charge in [0.25, 0.3) is 0 Å². The maximum atomic E-state index is 13.8. The van der Waals surface area contributed by atoms with Gasteiger partial charge in [-0.05, 0) is 81.3 Å². The van der Waals surface area contributed by atoms with Gasteiger partial charge in [-0.3, -0.25) is 4.79 Å². The molecule has 0 aliphatic heterocycles. The lowest BCUT2D eigenvalue weighted by molar-refractivity contribution is 0.0386. The van der Waals surface area contributed by atoms with Crippen molar-refractivity contribution in [1.29, 1.82) is 0 Å². The molecule has 1 aliphatic rings. The van der Waals surface area contributed by atoms with Gasteiger partial charge < -0.3 is 20.3 Å². The first-order chi connectivity index (χ1) is 18.3. The van der Waals surface area contributed by atoms with Gasteiger partial charge in [-0.15, -0.1) is 0 Å². The maximum absolute atomic E-state index is 13.8. The fourth-order valence-corrected chi connectivity index (χ4v) is 4.51. The standard InChI is InChI=1S/C30H33ClF2N2O4/c1-29(2,34)19-13-24(17-5-7-23(33)22(31)11-17)35-28(14-19)30(3,37)10-9-25(36)18-6-8-26(27(12-18)38-4)39-21-15-20(32)16-21/h5-8,11-14,20-21,37H,9-10,15-16,34H2,1-4H3. The molecule has 3 aromatic rings. The third-order valence-corrected chi connectivity index (χ3v) is 7.28. The van der Waals surface area contributed by atoms with E-state index in [1.165, 1.54) is 19.2 Å². The van der Waals surface area contributed by atoms with Gasteiger partial charge in [0.1, 0.15) is 23.7 Å². The van der Waals surface area contributed by atoms with E-state index in [0.29, 0.717) is 52.4 Å². The van der Waals surface area contributed by atoms with Crippen LogP contribution in [0.25, 0.3) is 11.3 Å². The highest BCUT2D eigenvalue weighted by Gasteiger charge is 2.32. The van der Waals surface area contributed by atoms with Crippen LogP contribution in [0.3, 0.4) is 0 Å². The first kappa shape index (κ1) is 28.9. The lowest BCUT2D eigenvalue weighted by Gasteiger charge is -2.30. The van der Waals surface area contributed by atoms with Crippen molar-refractivity contribution >= 4 is 17.4 Å². The van der Waals surface area contributed by atoms with E-state index < -0.39 is 23.1 Å². The minimum atomic E-state index is -1.48. The first-order valence-electron chi connectivity index (χ1n) is 12.8. The van der Waals surface area contributed by atoms with E-state index >= 15 is 0 Å². The highest BCUT2D eigenvalue weighted by atomic mass is 35.5. The Morgan fingerprint density at radius 2 is 1.85 bits per heavy atom. The van der Waals surface area contributed by atoms with Crippen LogP contribution in [0.4, 0.5) is 8.78 Å². The van der Waals surface area contributed by atoms with E-state index in [4.69, 9.17) is 26.8 Å². The second-order valence-electron chi connectivity index (χ2n) is 10.8. The van der Waals surface area contributed by atoms with Crippen molar-refractivity contribution in [2.24, 2.45) is 5.73 Å². The highest BCUT2D eigenvalue weighted by Crippen LogP contribution is 2.36. The zero-order chi connectivity index (χ0) is 28.5. The molecule has 39 heavy (non-hydrogen) atoms. The molecule has 1 saturated carbocycles. The summed E-state index contributed by atoms with van der Waals surface area (Å²) in [6.07, 6.45) is -0.264. The Labute approximate surface area is 232 Å². The molecule has 0 amide bonds. The van der Waals surface area contributed by atoms with E-state index in [9.17, 15) is 18.7 Å². The molecule has 6 nitrogen and oxygen atoms in total. The molecule has 1 aromatic heterocycles. The Hall–Kier alpha value is -3.07. The molecule has 1 heterocycles. The van der Waals surface area contributed by atoms with Crippen molar-refractivity contribution in [3.8, 4) is 22.8 Å². The first-order valence-corrected chi connectivity index (χ1v) is 13.2. The van der Waals surface area contributed by atoms with Crippen LogP contribution in [0.5, 0.6) is 11.5 Å². The molecular weight excluding hydrogens is 526 g/mol. The van der Waals surface area contributed by atoms with Crippen LogP contribution in [-0.2, 0) is 11.1 Å². The summed E-state index contributed by atoms with van der Waals surface area (Å²) in [6.45, 7) is 5.24. The predicted octanol–water partition coefficient (Wildman–Crippen LogP) is 6.49. The normalized spacial score (nSPS) is 18.7. The number of hydrogen-bond donors (Lipinski definition) is 2. The molecular formula is C30H33ClF2N2O4. The number of ether oxygens (including phenoxy) is 2. The van der Waals surface area contributed by atoms with E-state index in [1.54, 1.807) is 43.3 Å². The summed E-state index contributed by atoms with van der Waals surface area (Å²) in [5.74, 6) is 0.0939. The van der Waals surface area contributed by atoms with Crippen LogP contribution in [0.2, 0.25) is 5.02 Å². The monoisotopic (exact) mass is 558 g/mol. The van der Waals surface area contributed by atoms with Crippen molar-refractivity contribution in [3.05, 3.63) is 76.2 Å². The summed E-state index contributed by atoms with van der Waals surface area (Å²) >= 11 is 5.99. The Bertz CT molecular complexity index is 1370. The van der Waals surface area contributed by atoms with Crippen LogP contribution in [0.1, 0.15) is 68.1 Å².